The lowest BCUT2D eigenvalue weighted by atomic mass is 10.3. The van der Waals surface area contributed by atoms with Crippen LogP contribution in [0, 0.1) is 0 Å². The Labute approximate surface area is 88.4 Å². The molecule has 0 atom stereocenters. The number of hydrogen-bond donors (Lipinski definition) is 2. The summed E-state index contributed by atoms with van der Waals surface area (Å²) in [7, 11) is 2.02. The third kappa shape index (κ3) is 1.93. The summed E-state index contributed by atoms with van der Waals surface area (Å²) in [5, 5.41) is 7.14. The summed E-state index contributed by atoms with van der Waals surface area (Å²) in [5.41, 5.74) is 0.999. The minimum absolute atomic E-state index is 0.740. The number of anilines is 1. The van der Waals surface area contributed by atoms with Gasteiger partial charge in [0.05, 0.1) is 6.67 Å². The van der Waals surface area contributed by atoms with E-state index in [9.17, 15) is 0 Å². The van der Waals surface area contributed by atoms with E-state index >= 15 is 0 Å². The molecule has 0 saturated heterocycles. The van der Waals surface area contributed by atoms with Crippen LogP contribution in [0.5, 0.6) is 0 Å². The van der Waals surface area contributed by atoms with Crippen LogP contribution < -0.4 is 10.6 Å². The highest BCUT2D eigenvalue weighted by Crippen LogP contribution is 2.17. The van der Waals surface area contributed by atoms with Crippen molar-refractivity contribution < 1.29 is 0 Å². The number of halogens is 1. The molecular formula is C10H12ClN3. The average molecular weight is 210 g/mol. The summed E-state index contributed by atoms with van der Waals surface area (Å²) < 4.78 is 0. The van der Waals surface area contributed by atoms with E-state index < -0.39 is 0 Å². The zero-order valence-corrected chi connectivity index (χ0v) is 8.67. The van der Waals surface area contributed by atoms with Gasteiger partial charge < -0.3 is 15.5 Å². The van der Waals surface area contributed by atoms with Crippen LogP contribution in [-0.2, 0) is 0 Å². The van der Waals surface area contributed by atoms with Gasteiger partial charge in [0.15, 0.2) is 0 Å². The molecule has 0 radical (unpaired) electrons. The number of benzene rings is 1. The number of nitrogens with one attached hydrogen (secondary N) is 2. The lowest BCUT2D eigenvalue weighted by molar-refractivity contribution is 0.445. The molecular weight excluding hydrogens is 198 g/mol. The molecule has 0 aliphatic carbocycles. The first-order chi connectivity index (χ1) is 6.75. The van der Waals surface area contributed by atoms with Crippen LogP contribution in [0.3, 0.4) is 0 Å². The molecule has 2 N–H and O–H groups in total. The van der Waals surface area contributed by atoms with Gasteiger partial charge in [0, 0.05) is 24.0 Å². The van der Waals surface area contributed by atoms with Crippen molar-refractivity contribution in [1.29, 1.82) is 0 Å². The lowest BCUT2D eigenvalue weighted by Crippen LogP contribution is -2.21. The predicted molar refractivity (Wildman–Crippen MR) is 58.9 cm³/mol. The van der Waals surface area contributed by atoms with Crippen LogP contribution in [0.25, 0.3) is 0 Å². The van der Waals surface area contributed by atoms with Gasteiger partial charge in [0.25, 0.3) is 0 Å². The molecule has 1 heterocycles. The number of hydrogen-bond acceptors (Lipinski definition) is 3. The van der Waals surface area contributed by atoms with Crippen molar-refractivity contribution in [3.63, 3.8) is 0 Å². The van der Waals surface area contributed by atoms with Crippen LogP contribution in [0.4, 0.5) is 5.69 Å². The average Bonchev–Trinajstić information content (AvgIpc) is 2.52. The molecule has 4 heteroatoms. The fourth-order valence-electron chi connectivity index (χ4n) is 1.32. The van der Waals surface area contributed by atoms with Gasteiger partial charge in [-0.2, -0.15) is 0 Å². The van der Waals surface area contributed by atoms with E-state index in [1.165, 1.54) is 0 Å². The first-order valence-corrected chi connectivity index (χ1v) is 4.81. The maximum absolute atomic E-state index is 5.88. The van der Waals surface area contributed by atoms with Gasteiger partial charge >= 0.3 is 0 Å². The Bertz CT molecular complexity index is 362. The van der Waals surface area contributed by atoms with E-state index in [-0.39, 0.29) is 0 Å². The normalized spacial score (nSPS) is 15.0. The van der Waals surface area contributed by atoms with Crippen molar-refractivity contribution in [2.45, 2.75) is 0 Å². The number of nitrogens with zero attached hydrogens (tertiary/aromatic N) is 1. The second-order valence-corrected chi connectivity index (χ2v) is 3.66. The summed E-state index contributed by atoms with van der Waals surface area (Å²) >= 11 is 5.88. The predicted octanol–water partition coefficient (Wildman–Crippen LogP) is 2.04. The molecule has 2 rings (SSSR count). The Morgan fingerprint density at radius 2 is 2.36 bits per heavy atom. The van der Waals surface area contributed by atoms with Crippen molar-refractivity contribution in [2.75, 3.05) is 19.0 Å². The largest absolute Gasteiger partial charge is 0.371 e. The summed E-state index contributed by atoms with van der Waals surface area (Å²) in [6.07, 6.45) is 1.95. The lowest BCUT2D eigenvalue weighted by Gasteiger charge is -2.16. The molecule has 1 aromatic rings. The fraction of sp³-hybridized carbons (Fsp3) is 0.200. The van der Waals surface area contributed by atoms with E-state index in [0.29, 0.717) is 0 Å². The highest BCUT2D eigenvalue weighted by molar-refractivity contribution is 6.30. The zero-order valence-electron chi connectivity index (χ0n) is 7.92. The molecule has 1 aromatic carbocycles. The molecule has 1 aliphatic heterocycles. The van der Waals surface area contributed by atoms with Crippen LogP contribution in [-0.4, -0.2) is 18.6 Å². The molecule has 0 bridgehead atoms. The van der Waals surface area contributed by atoms with E-state index in [1.54, 1.807) is 0 Å². The first kappa shape index (κ1) is 9.21. The Balaban J connectivity index is 2.11. The monoisotopic (exact) mass is 209 g/mol. The molecule has 0 unspecified atom stereocenters. The minimum atomic E-state index is 0.740. The Morgan fingerprint density at radius 1 is 1.50 bits per heavy atom. The van der Waals surface area contributed by atoms with Crippen molar-refractivity contribution in [2.24, 2.45) is 0 Å². The molecule has 0 amide bonds. The molecule has 0 fully saturated rings. The highest BCUT2D eigenvalue weighted by Gasteiger charge is 2.09. The molecule has 1 aliphatic rings. The fourth-order valence-corrected chi connectivity index (χ4v) is 1.51. The zero-order chi connectivity index (χ0) is 9.97. The van der Waals surface area contributed by atoms with Crippen LogP contribution in [0.1, 0.15) is 0 Å². The van der Waals surface area contributed by atoms with Crippen LogP contribution in [0.15, 0.2) is 36.3 Å². The van der Waals surface area contributed by atoms with Crippen LogP contribution >= 0.6 is 11.6 Å². The standard InChI is InChI=1S/C10H12ClN3/c1-14-7-12-6-10(14)13-9-4-2-3-8(11)5-9/h2-6,12-13H,7H2,1H3. The maximum atomic E-state index is 5.88. The smallest absolute Gasteiger partial charge is 0.123 e. The van der Waals surface area contributed by atoms with E-state index in [4.69, 9.17) is 11.6 Å². The molecule has 0 aromatic heterocycles. The summed E-state index contributed by atoms with van der Waals surface area (Å²) in [5.74, 6) is 1.05. The van der Waals surface area contributed by atoms with E-state index in [1.807, 2.05) is 37.5 Å². The third-order valence-electron chi connectivity index (χ3n) is 2.08. The molecule has 0 spiro atoms. The van der Waals surface area contributed by atoms with E-state index in [2.05, 4.69) is 15.5 Å². The summed E-state index contributed by atoms with van der Waals surface area (Å²) in [6, 6.07) is 7.67. The van der Waals surface area contributed by atoms with Crippen molar-refractivity contribution in [3.05, 3.63) is 41.3 Å². The topological polar surface area (TPSA) is 27.3 Å². The number of rotatable bonds is 2. The summed E-state index contributed by atoms with van der Waals surface area (Å²) in [4.78, 5) is 2.08. The van der Waals surface area contributed by atoms with Gasteiger partial charge in [-0.25, -0.2) is 0 Å². The van der Waals surface area contributed by atoms with E-state index in [0.717, 1.165) is 23.2 Å². The van der Waals surface area contributed by atoms with Gasteiger partial charge in [-0.1, -0.05) is 17.7 Å². The Hall–Kier alpha value is -1.35. The maximum Gasteiger partial charge on any atom is 0.123 e. The molecule has 3 nitrogen and oxygen atoms in total. The van der Waals surface area contributed by atoms with Gasteiger partial charge in [-0.15, -0.1) is 0 Å². The third-order valence-corrected chi connectivity index (χ3v) is 2.31. The van der Waals surface area contributed by atoms with Gasteiger partial charge in [-0.05, 0) is 18.2 Å². The van der Waals surface area contributed by atoms with Gasteiger partial charge in [-0.3, -0.25) is 0 Å². The van der Waals surface area contributed by atoms with Crippen molar-refractivity contribution >= 4 is 17.3 Å². The van der Waals surface area contributed by atoms with Crippen molar-refractivity contribution in [3.8, 4) is 0 Å². The van der Waals surface area contributed by atoms with Gasteiger partial charge in [0.2, 0.25) is 0 Å². The first-order valence-electron chi connectivity index (χ1n) is 4.43. The second kappa shape index (κ2) is 3.80. The molecule has 0 saturated carbocycles. The van der Waals surface area contributed by atoms with Crippen LogP contribution in [0.2, 0.25) is 5.02 Å². The van der Waals surface area contributed by atoms with Crippen molar-refractivity contribution in [1.82, 2.24) is 10.2 Å². The Kier molecular flexibility index (Phi) is 2.50. The SMILES string of the molecule is CN1CNC=C1Nc1cccc(Cl)c1. The highest BCUT2D eigenvalue weighted by atomic mass is 35.5. The Morgan fingerprint density at radius 3 is 3.00 bits per heavy atom. The summed E-state index contributed by atoms with van der Waals surface area (Å²) in [6.45, 7) is 0.836. The quantitative estimate of drug-likeness (QED) is 0.781. The molecule has 14 heavy (non-hydrogen) atoms. The van der Waals surface area contributed by atoms with Gasteiger partial charge in [0.1, 0.15) is 5.82 Å². The minimum Gasteiger partial charge on any atom is -0.371 e. The second-order valence-electron chi connectivity index (χ2n) is 3.23. The molecule has 74 valence electrons.